The summed E-state index contributed by atoms with van der Waals surface area (Å²) < 4.78 is 5.87. The molecule has 21 heavy (non-hydrogen) atoms. The van der Waals surface area contributed by atoms with Crippen molar-refractivity contribution in [1.29, 1.82) is 0 Å². The van der Waals surface area contributed by atoms with Crippen molar-refractivity contribution in [3.05, 3.63) is 30.3 Å². The molecule has 1 saturated carbocycles. The summed E-state index contributed by atoms with van der Waals surface area (Å²) in [5.41, 5.74) is 0.719. The van der Waals surface area contributed by atoms with Crippen LogP contribution in [0, 0.1) is 16.7 Å². The van der Waals surface area contributed by atoms with Crippen LogP contribution in [0.5, 0.6) is 5.75 Å². The predicted molar refractivity (Wildman–Crippen MR) is 91.1 cm³/mol. The van der Waals surface area contributed by atoms with E-state index in [0.29, 0.717) is 5.41 Å². The molecule has 2 rings (SSSR count). The molecule has 1 aromatic rings. The molecule has 1 nitrogen and oxygen atoms in total. The molecular formula is C19H29ClO. The molecule has 0 spiro atoms. The quantitative estimate of drug-likeness (QED) is 0.614. The lowest BCUT2D eigenvalue weighted by Crippen LogP contribution is -2.35. The Balaban J connectivity index is 1.83. The summed E-state index contributed by atoms with van der Waals surface area (Å²) in [5, 5.41) is 0. The lowest BCUT2D eigenvalue weighted by molar-refractivity contribution is 0.0837. The van der Waals surface area contributed by atoms with Crippen molar-refractivity contribution >= 4 is 11.6 Å². The first-order chi connectivity index (χ1) is 9.95. The monoisotopic (exact) mass is 308 g/mol. The Kier molecular flexibility index (Phi) is 5.60. The summed E-state index contributed by atoms with van der Waals surface area (Å²) in [6.07, 6.45) is 6.18. The maximum atomic E-state index is 6.33. The van der Waals surface area contributed by atoms with E-state index in [1.165, 1.54) is 25.7 Å². The lowest BCUT2D eigenvalue weighted by Gasteiger charge is -2.43. The number of halogens is 1. The van der Waals surface area contributed by atoms with Gasteiger partial charge in [0.15, 0.2) is 0 Å². The van der Waals surface area contributed by atoms with Crippen molar-refractivity contribution in [2.75, 3.05) is 12.5 Å². The van der Waals surface area contributed by atoms with E-state index in [4.69, 9.17) is 16.3 Å². The van der Waals surface area contributed by atoms with Gasteiger partial charge in [-0.05, 0) is 61.0 Å². The van der Waals surface area contributed by atoms with E-state index in [-0.39, 0.29) is 5.41 Å². The summed E-state index contributed by atoms with van der Waals surface area (Å²) in [4.78, 5) is 0. The highest BCUT2D eigenvalue weighted by Gasteiger charge is 2.38. The molecule has 0 aromatic heterocycles. The predicted octanol–water partition coefficient (Wildman–Crippen LogP) is 5.92. The SMILES string of the molecule is CC(C)(C)C1CCC(CCl)(CCOc2ccccc2)CC1. The maximum Gasteiger partial charge on any atom is 0.119 e. The Bertz CT molecular complexity index is 413. The second-order valence-corrected chi connectivity index (χ2v) is 7.95. The van der Waals surface area contributed by atoms with Crippen LogP contribution >= 0.6 is 11.6 Å². The maximum absolute atomic E-state index is 6.33. The Morgan fingerprint density at radius 3 is 2.29 bits per heavy atom. The molecule has 1 fully saturated rings. The van der Waals surface area contributed by atoms with Crippen LogP contribution in [0.1, 0.15) is 52.9 Å². The van der Waals surface area contributed by atoms with Crippen molar-refractivity contribution in [3.63, 3.8) is 0 Å². The molecule has 0 radical (unpaired) electrons. The first kappa shape index (κ1) is 16.7. The molecular weight excluding hydrogens is 280 g/mol. The average molecular weight is 309 g/mol. The van der Waals surface area contributed by atoms with Crippen molar-refractivity contribution in [1.82, 2.24) is 0 Å². The van der Waals surface area contributed by atoms with Gasteiger partial charge in [0.1, 0.15) is 5.75 Å². The van der Waals surface area contributed by atoms with Gasteiger partial charge >= 0.3 is 0 Å². The van der Waals surface area contributed by atoms with E-state index in [0.717, 1.165) is 30.6 Å². The topological polar surface area (TPSA) is 9.23 Å². The van der Waals surface area contributed by atoms with Crippen molar-refractivity contribution < 1.29 is 4.74 Å². The molecule has 0 saturated heterocycles. The fraction of sp³-hybridized carbons (Fsp3) is 0.684. The van der Waals surface area contributed by atoms with Crippen LogP contribution in [0.25, 0.3) is 0 Å². The van der Waals surface area contributed by atoms with Gasteiger partial charge in [-0.1, -0.05) is 39.0 Å². The number of rotatable bonds is 5. The highest BCUT2D eigenvalue weighted by atomic mass is 35.5. The minimum atomic E-state index is 0.290. The molecule has 0 aliphatic heterocycles. The van der Waals surface area contributed by atoms with Crippen LogP contribution in [0.15, 0.2) is 30.3 Å². The molecule has 1 aliphatic rings. The van der Waals surface area contributed by atoms with Crippen LogP contribution in [0.4, 0.5) is 0 Å². The van der Waals surface area contributed by atoms with Crippen LogP contribution in [0.2, 0.25) is 0 Å². The standard InChI is InChI=1S/C19H29ClO/c1-18(2,3)16-9-11-19(15-20,12-10-16)13-14-21-17-7-5-4-6-8-17/h4-8,16H,9-15H2,1-3H3. The number of para-hydroxylation sites is 1. The fourth-order valence-electron chi connectivity index (χ4n) is 3.45. The smallest absolute Gasteiger partial charge is 0.119 e. The van der Waals surface area contributed by atoms with E-state index in [1.54, 1.807) is 0 Å². The van der Waals surface area contributed by atoms with Crippen LogP contribution in [-0.4, -0.2) is 12.5 Å². The molecule has 1 aliphatic carbocycles. The summed E-state index contributed by atoms with van der Waals surface area (Å²) in [5.74, 6) is 2.57. The van der Waals surface area contributed by atoms with E-state index < -0.39 is 0 Å². The van der Waals surface area contributed by atoms with Gasteiger partial charge in [-0.3, -0.25) is 0 Å². The van der Waals surface area contributed by atoms with Crippen molar-refractivity contribution in [2.24, 2.45) is 16.7 Å². The van der Waals surface area contributed by atoms with Gasteiger partial charge in [-0.2, -0.15) is 0 Å². The Morgan fingerprint density at radius 1 is 1.14 bits per heavy atom. The molecule has 2 heteroatoms. The Hall–Kier alpha value is -0.690. The third-order valence-electron chi connectivity index (χ3n) is 5.20. The van der Waals surface area contributed by atoms with E-state index >= 15 is 0 Å². The number of ether oxygens (including phenoxy) is 1. The Labute approximate surface area is 135 Å². The highest BCUT2D eigenvalue weighted by molar-refractivity contribution is 6.18. The van der Waals surface area contributed by atoms with Crippen LogP contribution in [0.3, 0.4) is 0 Å². The minimum Gasteiger partial charge on any atom is -0.494 e. The van der Waals surface area contributed by atoms with Gasteiger partial charge in [0, 0.05) is 5.88 Å². The fourth-order valence-corrected chi connectivity index (χ4v) is 3.85. The normalized spacial score (nSPS) is 26.6. The van der Waals surface area contributed by atoms with Gasteiger partial charge in [-0.15, -0.1) is 11.6 Å². The molecule has 0 heterocycles. The van der Waals surface area contributed by atoms with E-state index in [9.17, 15) is 0 Å². The summed E-state index contributed by atoms with van der Waals surface area (Å²) in [6, 6.07) is 10.1. The van der Waals surface area contributed by atoms with Gasteiger partial charge in [-0.25, -0.2) is 0 Å². The molecule has 0 amide bonds. The van der Waals surface area contributed by atoms with E-state index in [2.05, 4.69) is 20.8 Å². The second kappa shape index (κ2) is 7.05. The first-order valence-corrected chi connectivity index (χ1v) is 8.72. The minimum absolute atomic E-state index is 0.290. The number of alkyl halides is 1. The molecule has 0 N–H and O–H groups in total. The molecule has 0 bridgehead atoms. The average Bonchev–Trinajstić information content (AvgIpc) is 2.48. The van der Waals surface area contributed by atoms with Gasteiger partial charge in [0.25, 0.3) is 0 Å². The largest absolute Gasteiger partial charge is 0.494 e. The Morgan fingerprint density at radius 2 is 1.76 bits per heavy atom. The number of hydrogen-bond donors (Lipinski definition) is 0. The molecule has 0 atom stereocenters. The highest BCUT2D eigenvalue weighted by Crippen LogP contribution is 2.47. The zero-order chi connectivity index (χ0) is 15.3. The third kappa shape index (κ3) is 4.64. The molecule has 1 aromatic carbocycles. The van der Waals surface area contributed by atoms with Gasteiger partial charge < -0.3 is 4.74 Å². The summed E-state index contributed by atoms with van der Waals surface area (Å²) in [6.45, 7) is 7.87. The number of benzene rings is 1. The van der Waals surface area contributed by atoms with Crippen molar-refractivity contribution in [2.45, 2.75) is 52.9 Å². The summed E-state index contributed by atoms with van der Waals surface area (Å²) in [7, 11) is 0. The lowest BCUT2D eigenvalue weighted by atomic mass is 9.64. The molecule has 118 valence electrons. The van der Waals surface area contributed by atoms with Gasteiger partial charge in [0.2, 0.25) is 0 Å². The van der Waals surface area contributed by atoms with Crippen molar-refractivity contribution in [3.8, 4) is 5.75 Å². The first-order valence-electron chi connectivity index (χ1n) is 8.19. The summed E-state index contributed by atoms with van der Waals surface area (Å²) >= 11 is 6.33. The van der Waals surface area contributed by atoms with E-state index in [1.807, 2.05) is 30.3 Å². The molecule has 0 unspecified atom stereocenters. The van der Waals surface area contributed by atoms with Gasteiger partial charge in [0.05, 0.1) is 6.61 Å². The third-order valence-corrected chi connectivity index (χ3v) is 5.77. The second-order valence-electron chi connectivity index (χ2n) is 7.69. The number of hydrogen-bond acceptors (Lipinski definition) is 1. The van der Waals surface area contributed by atoms with Crippen LogP contribution in [-0.2, 0) is 0 Å². The van der Waals surface area contributed by atoms with Crippen LogP contribution < -0.4 is 4.74 Å². The zero-order valence-corrected chi connectivity index (χ0v) is 14.5. The zero-order valence-electron chi connectivity index (χ0n) is 13.7.